The van der Waals surface area contributed by atoms with Gasteiger partial charge < -0.3 is 14.8 Å². The number of hydrogen-bond acceptors (Lipinski definition) is 4. The summed E-state index contributed by atoms with van der Waals surface area (Å²) in [6, 6.07) is 12.5. The van der Waals surface area contributed by atoms with Gasteiger partial charge in [0.2, 0.25) is 5.91 Å². The van der Waals surface area contributed by atoms with E-state index in [0.29, 0.717) is 24.3 Å². The number of carbonyl (C=O) groups excluding carboxylic acids is 2. The summed E-state index contributed by atoms with van der Waals surface area (Å²) in [6.07, 6.45) is 0.601. The standard InChI is InChI=1S/C19H19NO4/c1-12(21)13-3-5-16(6-4-13)20-19(22)15-9-14-10-17(23-2)7-8-18(14)24-11-15/h3-8,10,15H,9,11H2,1-2H3,(H,20,22)/t15-/m1/s1. The van der Waals surface area contributed by atoms with Crippen LogP contribution in [0.2, 0.25) is 0 Å². The molecule has 5 nitrogen and oxygen atoms in total. The van der Waals surface area contributed by atoms with Crippen molar-refractivity contribution >= 4 is 17.4 Å². The first kappa shape index (κ1) is 16.1. The molecule has 24 heavy (non-hydrogen) atoms. The third-order valence-corrected chi connectivity index (χ3v) is 4.10. The van der Waals surface area contributed by atoms with E-state index in [1.165, 1.54) is 6.92 Å². The number of benzene rings is 2. The summed E-state index contributed by atoms with van der Waals surface area (Å²) in [6.45, 7) is 1.86. The summed E-state index contributed by atoms with van der Waals surface area (Å²) in [5, 5.41) is 2.88. The monoisotopic (exact) mass is 325 g/mol. The number of hydrogen-bond donors (Lipinski definition) is 1. The van der Waals surface area contributed by atoms with E-state index in [4.69, 9.17) is 9.47 Å². The molecule has 0 bridgehead atoms. The van der Waals surface area contributed by atoms with E-state index in [2.05, 4.69) is 5.32 Å². The van der Waals surface area contributed by atoms with Gasteiger partial charge in [-0.15, -0.1) is 0 Å². The molecule has 3 rings (SSSR count). The molecule has 2 aromatic carbocycles. The van der Waals surface area contributed by atoms with Crippen molar-refractivity contribution in [2.45, 2.75) is 13.3 Å². The molecule has 1 atom stereocenters. The smallest absolute Gasteiger partial charge is 0.231 e. The molecule has 0 saturated heterocycles. The number of Topliss-reactive ketones (excluding diaryl/α,β-unsaturated/α-hetero) is 1. The lowest BCUT2D eigenvalue weighted by Gasteiger charge is -2.25. The molecular formula is C19H19NO4. The van der Waals surface area contributed by atoms with Gasteiger partial charge in [-0.25, -0.2) is 0 Å². The Kier molecular flexibility index (Phi) is 4.51. The zero-order valence-corrected chi connectivity index (χ0v) is 13.7. The third-order valence-electron chi connectivity index (χ3n) is 4.10. The molecule has 0 unspecified atom stereocenters. The van der Waals surface area contributed by atoms with Crippen LogP contribution in [0, 0.1) is 5.92 Å². The average Bonchev–Trinajstić information content (AvgIpc) is 2.61. The minimum absolute atomic E-state index is 0.000823. The van der Waals surface area contributed by atoms with E-state index in [9.17, 15) is 9.59 Å². The van der Waals surface area contributed by atoms with Crippen LogP contribution in [0.3, 0.4) is 0 Å². The Morgan fingerprint density at radius 2 is 1.92 bits per heavy atom. The first-order valence-corrected chi connectivity index (χ1v) is 7.78. The predicted molar refractivity (Wildman–Crippen MR) is 90.8 cm³/mol. The number of amides is 1. The number of carbonyl (C=O) groups is 2. The Morgan fingerprint density at radius 3 is 2.58 bits per heavy atom. The van der Waals surface area contributed by atoms with Gasteiger partial charge in [0.1, 0.15) is 18.1 Å². The number of fused-ring (bicyclic) bond motifs is 1. The molecular weight excluding hydrogens is 306 g/mol. The maximum absolute atomic E-state index is 12.5. The maximum Gasteiger partial charge on any atom is 0.231 e. The second-order valence-electron chi connectivity index (χ2n) is 5.81. The molecule has 0 radical (unpaired) electrons. The third kappa shape index (κ3) is 3.40. The molecule has 0 aromatic heterocycles. The lowest BCUT2D eigenvalue weighted by molar-refractivity contribution is -0.121. The minimum atomic E-state index is -0.267. The Hall–Kier alpha value is -2.82. The summed E-state index contributed by atoms with van der Waals surface area (Å²) in [5.74, 6) is 1.18. The summed E-state index contributed by atoms with van der Waals surface area (Å²) < 4.78 is 10.9. The van der Waals surface area contributed by atoms with Crippen LogP contribution < -0.4 is 14.8 Å². The van der Waals surface area contributed by atoms with Crippen LogP contribution >= 0.6 is 0 Å². The van der Waals surface area contributed by atoms with Crippen molar-refractivity contribution in [2.75, 3.05) is 19.0 Å². The number of ketones is 1. The highest BCUT2D eigenvalue weighted by molar-refractivity contribution is 5.96. The van der Waals surface area contributed by atoms with E-state index in [-0.39, 0.29) is 17.6 Å². The highest BCUT2D eigenvalue weighted by Gasteiger charge is 2.26. The Morgan fingerprint density at radius 1 is 1.17 bits per heavy atom. The van der Waals surface area contributed by atoms with Gasteiger partial charge >= 0.3 is 0 Å². The molecule has 0 aliphatic carbocycles. The summed E-state index contributed by atoms with van der Waals surface area (Å²) in [5.41, 5.74) is 2.25. The molecule has 2 aromatic rings. The summed E-state index contributed by atoms with van der Waals surface area (Å²) in [7, 11) is 1.61. The number of anilines is 1. The van der Waals surface area contributed by atoms with Gasteiger partial charge in [0, 0.05) is 11.3 Å². The van der Waals surface area contributed by atoms with E-state index in [1.54, 1.807) is 31.4 Å². The Labute approximate surface area is 140 Å². The zero-order valence-electron chi connectivity index (χ0n) is 13.7. The molecule has 0 fully saturated rings. The first-order chi connectivity index (χ1) is 11.6. The van der Waals surface area contributed by atoms with Crippen molar-refractivity contribution in [3.05, 3.63) is 53.6 Å². The highest BCUT2D eigenvalue weighted by Crippen LogP contribution is 2.31. The van der Waals surface area contributed by atoms with Gasteiger partial charge in [-0.1, -0.05) is 0 Å². The van der Waals surface area contributed by atoms with Crippen molar-refractivity contribution in [1.29, 1.82) is 0 Å². The van der Waals surface area contributed by atoms with Crippen LogP contribution in [0.15, 0.2) is 42.5 Å². The number of rotatable bonds is 4. The molecule has 1 amide bonds. The largest absolute Gasteiger partial charge is 0.497 e. The summed E-state index contributed by atoms with van der Waals surface area (Å²) in [4.78, 5) is 23.7. The second kappa shape index (κ2) is 6.74. The van der Waals surface area contributed by atoms with Gasteiger partial charge in [-0.2, -0.15) is 0 Å². The summed E-state index contributed by atoms with van der Waals surface area (Å²) >= 11 is 0. The number of ether oxygens (including phenoxy) is 2. The van der Waals surface area contributed by atoms with Crippen molar-refractivity contribution in [2.24, 2.45) is 5.92 Å². The van der Waals surface area contributed by atoms with Crippen LogP contribution in [0.5, 0.6) is 11.5 Å². The topological polar surface area (TPSA) is 64.6 Å². The van der Waals surface area contributed by atoms with E-state index in [0.717, 1.165) is 17.1 Å². The predicted octanol–water partition coefficient (Wildman–Crippen LogP) is 3.09. The Balaban J connectivity index is 1.68. The van der Waals surface area contributed by atoms with Crippen molar-refractivity contribution in [1.82, 2.24) is 0 Å². The van der Waals surface area contributed by atoms with Crippen molar-refractivity contribution in [3.63, 3.8) is 0 Å². The van der Waals surface area contributed by atoms with Crippen LogP contribution in [0.25, 0.3) is 0 Å². The maximum atomic E-state index is 12.5. The molecule has 124 valence electrons. The quantitative estimate of drug-likeness (QED) is 0.877. The van der Waals surface area contributed by atoms with Crippen LogP contribution in [-0.2, 0) is 11.2 Å². The number of methoxy groups -OCH3 is 1. The molecule has 0 saturated carbocycles. The van der Waals surface area contributed by atoms with Gasteiger partial charge in [0.15, 0.2) is 5.78 Å². The van der Waals surface area contributed by atoms with E-state index >= 15 is 0 Å². The van der Waals surface area contributed by atoms with E-state index in [1.807, 2.05) is 18.2 Å². The fraction of sp³-hybridized carbons (Fsp3) is 0.263. The number of nitrogens with one attached hydrogen (secondary N) is 1. The van der Waals surface area contributed by atoms with Gasteiger partial charge in [0.05, 0.1) is 13.0 Å². The van der Waals surface area contributed by atoms with Crippen molar-refractivity contribution < 1.29 is 19.1 Å². The van der Waals surface area contributed by atoms with Crippen LogP contribution in [-0.4, -0.2) is 25.4 Å². The van der Waals surface area contributed by atoms with Gasteiger partial charge in [-0.3, -0.25) is 9.59 Å². The first-order valence-electron chi connectivity index (χ1n) is 7.78. The normalized spacial score (nSPS) is 15.8. The molecule has 1 N–H and O–H groups in total. The molecule has 1 heterocycles. The zero-order chi connectivity index (χ0) is 17.1. The van der Waals surface area contributed by atoms with Crippen LogP contribution in [0.1, 0.15) is 22.8 Å². The second-order valence-corrected chi connectivity index (χ2v) is 5.81. The molecule has 5 heteroatoms. The average molecular weight is 325 g/mol. The van der Waals surface area contributed by atoms with Crippen molar-refractivity contribution in [3.8, 4) is 11.5 Å². The fourth-order valence-corrected chi connectivity index (χ4v) is 2.70. The molecule has 1 aliphatic rings. The van der Waals surface area contributed by atoms with E-state index < -0.39 is 0 Å². The highest BCUT2D eigenvalue weighted by atomic mass is 16.5. The van der Waals surface area contributed by atoms with Gasteiger partial charge in [0.25, 0.3) is 0 Å². The SMILES string of the molecule is COc1ccc2c(c1)C[C@@H](C(=O)Nc1ccc(C(C)=O)cc1)CO2. The van der Waals surface area contributed by atoms with Crippen LogP contribution in [0.4, 0.5) is 5.69 Å². The minimum Gasteiger partial charge on any atom is -0.497 e. The lowest BCUT2D eigenvalue weighted by atomic mass is 9.95. The molecule has 1 aliphatic heterocycles. The van der Waals surface area contributed by atoms with Gasteiger partial charge in [-0.05, 0) is 61.4 Å². The Bertz CT molecular complexity index is 767. The fourth-order valence-electron chi connectivity index (χ4n) is 2.70. The molecule has 0 spiro atoms. The lowest BCUT2D eigenvalue weighted by Crippen LogP contribution is -2.32.